The van der Waals surface area contributed by atoms with Crippen molar-refractivity contribution in [3.05, 3.63) is 47.3 Å². The minimum absolute atomic E-state index is 0.0543. The molecular weight excluding hydrogens is 325 g/mol. The van der Waals surface area contributed by atoms with Gasteiger partial charge in [0.15, 0.2) is 5.78 Å². The fourth-order valence-electron chi connectivity index (χ4n) is 3.40. The van der Waals surface area contributed by atoms with E-state index >= 15 is 0 Å². The first kappa shape index (κ1) is 17.4. The summed E-state index contributed by atoms with van der Waals surface area (Å²) in [5.74, 6) is -0.411. The summed E-state index contributed by atoms with van der Waals surface area (Å²) in [5.41, 5.74) is 1.51. The van der Waals surface area contributed by atoms with Crippen molar-refractivity contribution in [3.8, 4) is 0 Å². The summed E-state index contributed by atoms with van der Waals surface area (Å²) >= 11 is 1.36. The molecule has 3 unspecified atom stereocenters. The van der Waals surface area contributed by atoms with Gasteiger partial charge in [0.05, 0.1) is 6.04 Å². The van der Waals surface area contributed by atoms with Crippen LogP contribution < -0.4 is 0 Å². The quantitative estimate of drug-likeness (QED) is 0.813. The van der Waals surface area contributed by atoms with Crippen LogP contribution in [0.2, 0.25) is 0 Å². The minimum atomic E-state index is -0.580. The van der Waals surface area contributed by atoms with Crippen molar-refractivity contribution >= 4 is 22.7 Å². The van der Waals surface area contributed by atoms with Gasteiger partial charge >= 0.3 is 0 Å². The van der Waals surface area contributed by atoms with Crippen LogP contribution in [0.5, 0.6) is 0 Å². The van der Waals surface area contributed by atoms with Gasteiger partial charge in [-0.1, -0.05) is 43.8 Å². The highest BCUT2D eigenvalue weighted by Gasteiger charge is 2.38. The third-order valence-corrected chi connectivity index (χ3v) is 6.15. The number of rotatable bonds is 5. The predicted octanol–water partition coefficient (Wildman–Crippen LogP) is 3.76. The number of nitrogens with zero attached hydrogens (tertiary/aromatic N) is 1. The molecule has 3 nitrogen and oxygen atoms in total. The van der Waals surface area contributed by atoms with E-state index in [0.717, 1.165) is 18.4 Å². The standard InChI is InChI=1S/C19H22FNO2S/c1-3-12(2)19(23)18(14-6-4-5-7-15(14)20)21-9-8-16-13(11-21)10-17(22)24-16/h4-7,10,12,16,18H,3,8-9,11H2,1-2H3. The molecule has 0 aromatic heterocycles. The van der Waals surface area contributed by atoms with Gasteiger partial charge in [0.25, 0.3) is 0 Å². The average molecular weight is 347 g/mol. The lowest BCUT2D eigenvalue weighted by molar-refractivity contribution is -0.128. The van der Waals surface area contributed by atoms with E-state index in [0.29, 0.717) is 18.7 Å². The zero-order valence-corrected chi connectivity index (χ0v) is 14.8. The Morgan fingerprint density at radius 2 is 2.17 bits per heavy atom. The maximum absolute atomic E-state index is 14.4. The monoisotopic (exact) mass is 347 g/mol. The fraction of sp³-hybridized carbons (Fsp3) is 0.474. The Morgan fingerprint density at radius 3 is 2.88 bits per heavy atom. The number of hydrogen-bond donors (Lipinski definition) is 0. The predicted molar refractivity (Wildman–Crippen MR) is 94.3 cm³/mol. The smallest absolute Gasteiger partial charge is 0.212 e. The second kappa shape index (κ2) is 7.19. The number of fused-ring (bicyclic) bond motifs is 1. The summed E-state index contributed by atoms with van der Waals surface area (Å²) in [6, 6.07) is 5.95. The van der Waals surface area contributed by atoms with Crippen LogP contribution in [0.3, 0.4) is 0 Å². The highest BCUT2D eigenvalue weighted by Crippen LogP contribution is 2.38. The highest BCUT2D eigenvalue weighted by molar-refractivity contribution is 8.15. The number of halogens is 1. The van der Waals surface area contributed by atoms with Gasteiger partial charge in [-0.05, 0) is 30.6 Å². The first-order valence-corrected chi connectivity index (χ1v) is 9.32. The van der Waals surface area contributed by atoms with Crippen LogP contribution >= 0.6 is 11.8 Å². The molecule has 0 aliphatic carbocycles. The van der Waals surface area contributed by atoms with Gasteiger partial charge in [-0.25, -0.2) is 4.39 Å². The molecule has 24 heavy (non-hydrogen) atoms. The Kier molecular flexibility index (Phi) is 5.21. The maximum atomic E-state index is 14.4. The van der Waals surface area contributed by atoms with E-state index in [4.69, 9.17) is 0 Å². The molecule has 1 fully saturated rings. The van der Waals surface area contributed by atoms with E-state index in [9.17, 15) is 14.0 Å². The number of carbonyl (C=O) groups excluding carboxylic acids is 2. The van der Waals surface area contributed by atoms with Gasteiger partial charge in [-0.3, -0.25) is 14.5 Å². The van der Waals surface area contributed by atoms with Crippen molar-refractivity contribution in [2.24, 2.45) is 5.92 Å². The SMILES string of the molecule is CCC(C)C(=O)C(c1ccccc1F)N1CCC2SC(=O)C=C2C1. The largest absolute Gasteiger partial charge is 0.297 e. The zero-order valence-electron chi connectivity index (χ0n) is 14.0. The molecule has 2 heterocycles. The highest BCUT2D eigenvalue weighted by atomic mass is 32.2. The van der Waals surface area contributed by atoms with Crippen LogP contribution in [-0.4, -0.2) is 34.1 Å². The average Bonchev–Trinajstić information content (AvgIpc) is 2.95. The second-order valence-electron chi connectivity index (χ2n) is 6.54. The van der Waals surface area contributed by atoms with E-state index in [2.05, 4.69) is 0 Å². The number of likely N-dealkylation sites (tertiary alicyclic amines) is 1. The van der Waals surface area contributed by atoms with Crippen molar-refractivity contribution in [1.82, 2.24) is 4.90 Å². The van der Waals surface area contributed by atoms with E-state index in [1.807, 2.05) is 18.7 Å². The Labute approximate surface area is 146 Å². The summed E-state index contributed by atoms with van der Waals surface area (Å²) in [4.78, 5) is 26.7. The first-order valence-electron chi connectivity index (χ1n) is 8.44. The van der Waals surface area contributed by atoms with E-state index in [-0.39, 0.29) is 27.9 Å². The maximum Gasteiger partial charge on any atom is 0.212 e. The molecule has 0 radical (unpaired) electrons. The number of benzene rings is 1. The molecule has 2 aliphatic rings. The number of piperidine rings is 1. The van der Waals surface area contributed by atoms with E-state index in [1.54, 1.807) is 24.3 Å². The number of carbonyl (C=O) groups is 2. The Hall–Kier alpha value is -1.46. The third-order valence-electron chi connectivity index (χ3n) is 4.97. The summed E-state index contributed by atoms with van der Waals surface area (Å²) in [6.07, 6.45) is 3.24. The molecule has 0 N–H and O–H groups in total. The summed E-state index contributed by atoms with van der Waals surface area (Å²) in [5, 5.41) is 0.321. The van der Waals surface area contributed by atoms with Gasteiger partial charge in [-0.15, -0.1) is 0 Å². The molecule has 0 spiro atoms. The molecule has 0 saturated carbocycles. The third kappa shape index (κ3) is 3.33. The summed E-state index contributed by atoms with van der Waals surface area (Å²) in [7, 11) is 0. The molecule has 0 amide bonds. The first-order chi connectivity index (χ1) is 11.5. The van der Waals surface area contributed by atoms with Crippen LogP contribution in [0.25, 0.3) is 0 Å². The van der Waals surface area contributed by atoms with Crippen molar-refractivity contribution in [1.29, 1.82) is 0 Å². The molecular formula is C19H22FNO2S. The van der Waals surface area contributed by atoms with Crippen LogP contribution in [-0.2, 0) is 9.59 Å². The number of hydrogen-bond acceptors (Lipinski definition) is 4. The van der Waals surface area contributed by atoms with Gasteiger partial charge in [0.1, 0.15) is 5.82 Å². The van der Waals surface area contributed by atoms with E-state index < -0.39 is 6.04 Å². The molecule has 3 atom stereocenters. The summed E-state index contributed by atoms with van der Waals surface area (Å²) < 4.78 is 14.4. The lowest BCUT2D eigenvalue weighted by Crippen LogP contribution is -2.43. The molecule has 1 saturated heterocycles. The molecule has 0 bridgehead atoms. The Balaban J connectivity index is 1.93. The Morgan fingerprint density at radius 1 is 1.42 bits per heavy atom. The lowest BCUT2D eigenvalue weighted by atomic mass is 9.89. The summed E-state index contributed by atoms with van der Waals surface area (Å²) in [6.45, 7) is 5.13. The molecule has 2 aliphatic heterocycles. The van der Waals surface area contributed by atoms with Gasteiger partial charge < -0.3 is 0 Å². The number of Topliss-reactive ketones (excluding diaryl/α,β-unsaturated/α-hetero) is 1. The zero-order chi connectivity index (χ0) is 17.3. The van der Waals surface area contributed by atoms with Crippen molar-refractivity contribution < 1.29 is 14.0 Å². The lowest BCUT2D eigenvalue weighted by Gasteiger charge is -2.37. The van der Waals surface area contributed by atoms with Crippen molar-refractivity contribution in [3.63, 3.8) is 0 Å². The fourth-order valence-corrected chi connectivity index (χ4v) is 4.42. The van der Waals surface area contributed by atoms with Gasteiger partial charge in [0, 0.05) is 29.8 Å². The Bertz CT molecular complexity index is 688. The van der Waals surface area contributed by atoms with Crippen LogP contribution in [0.4, 0.5) is 4.39 Å². The number of ketones is 1. The van der Waals surface area contributed by atoms with Crippen LogP contribution in [0.15, 0.2) is 35.9 Å². The molecule has 3 rings (SSSR count). The van der Waals surface area contributed by atoms with Gasteiger partial charge in [-0.2, -0.15) is 0 Å². The minimum Gasteiger partial charge on any atom is -0.297 e. The molecule has 5 heteroatoms. The van der Waals surface area contributed by atoms with E-state index in [1.165, 1.54) is 17.8 Å². The molecule has 1 aromatic rings. The molecule has 1 aromatic carbocycles. The van der Waals surface area contributed by atoms with Crippen molar-refractivity contribution in [2.45, 2.75) is 38.0 Å². The molecule has 128 valence electrons. The number of thioether (sulfide) groups is 1. The second-order valence-corrected chi connectivity index (χ2v) is 7.75. The van der Waals surface area contributed by atoms with Crippen molar-refractivity contribution in [2.75, 3.05) is 13.1 Å². The topological polar surface area (TPSA) is 37.4 Å². The van der Waals surface area contributed by atoms with Crippen LogP contribution in [0, 0.1) is 11.7 Å². The van der Waals surface area contributed by atoms with Gasteiger partial charge in [0.2, 0.25) is 5.12 Å². The van der Waals surface area contributed by atoms with Crippen LogP contribution in [0.1, 0.15) is 38.3 Å². The normalized spacial score (nSPS) is 23.5.